The van der Waals surface area contributed by atoms with Crippen molar-refractivity contribution in [2.75, 3.05) is 4.90 Å². The molecule has 0 radical (unpaired) electrons. The first-order chi connectivity index (χ1) is 29.1. The molecule has 0 fully saturated rings. The van der Waals surface area contributed by atoms with Crippen molar-refractivity contribution in [2.45, 2.75) is 13.8 Å². The number of benzene rings is 9. The number of fused-ring (bicyclic) bond motifs is 6. The van der Waals surface area contributed by atoms with E-state index in [1.807, 2.05) is 0 Å². The van der Waals surface area contributed by atoms with Crippen molar-refractivity contribution >= 4 is 60.8 Å². The molecule has 3 heteroatoms. The molecule has 0 aliphatic heterocycles. The molecule has 0 aliphatic carbocycles. The van der Waals surface area contributed by atoms with E-state index in [-0.39, 0.29) is 0 Å². The predicted molar refractivity (Wildman–Crippen MR) is 249 cm³/mol. The third-order valence-electron chi connectivity index (χ3n) is 11.8. The number of furan rings is 1. The number of hydrogen-bond donors (Lipinski definition) is 0. The van der Waals surface area contributed by atoms with E-state index in [2.05, 4.69) is 230 Å². The highest BCUT2D eigenvalue weighted by Crippen LogP contribution is 2.48. The van der Waals surface area contributed by atoms with Gasteiger partial charge in [-0.25, -0.2) is 0 Å². The molecule has 3 nitrogen and oxygen atoms in total. The fraction of sp³-hybridized carbons (Fsp3) is 0.0357. The summed E-state index contributed by atoms with van der Waals surface area (Å²) < 4.78 is 9.33. The van der Waals surface area contributed by atoms with Crippen LogP contribution in [0.3, 0.4) is 0 Å². The Bertz CT molecular complexity index is 3260. The van der Waals surface area contributed by atoms with Crippen molar-refractivity contribution in [1.82, 2.24) is 4.57 Å². The number of para-hydroxylation sites is 3. The Morgan fingerprint density at radius 1 is 0.424 bits per heavy atom. The summed E-state index contributed by atoms with van der Waals surface area (Å²) in [5.41, 5.74) is 17.8. The summed E-state index contributed by atoms with van der Waals surface area (Å²) in [4.78, 5) is 2.44. The summed E-state index contributed by atoms with van der Waals surface area (Å²) >= 11 is 0. The molecule has 11 rings (SSSR count). The van der Waals surface area contributed by atoms with Crippen molar-refractivity contribution in [2.24, 2.45) is 0 Å². The normalized spacial score (nSPS) is 11.6. The van der Waals surface area contributed by atoms with E-state index in [1.165, 1.54) is 55.2 Å². The standard InChI is InChI=1S/C56H40N2O/c1-37-34-43(40-18-7-4-8-19-40)35-38(2)55(37)58(44-30-28-41(29-31-44)39-16-5-3-6-17-39)52-33-32-46(56-54(52)49-24-11-14-27-53(49)59-56)42-20-15-21-45(36-42)57-50-25-12-9-22-47(50)48-23-10-13-26-51(48)57/h3-36H,1-2H3. The van der Waals surface area contributed by atoms with E-state index in [0.717, 1.165) is 55.8 Å². The van der Waals surface area contributed by atoms with Crippen LogP contribution in [0.25, 0.3) is 82.8 Å². The molecule has 0 saturated carbocycles. The lowest BCUT2D eigenvalue weighted by atomic mass is 9.96. The topological polar surface area (TPSA) is 21.3 Å². The van der Waals surface area contributed by atoms with Gasteiger partial charge in [-0.15, -0.1) is 0 Å². The van der Waals surface area contributed by atoms with E-state index in [4.69, 9.17) is 4.42 Å². The fourth-order valence-corrected chi connectivity index (χ4v) is 9.17. The monoisotopic (exact) mass is 756 g/mol. The number of anilines is 3. The van der Waals surface area contributed by atoms with Crippen molar-refractivity contribution < 1.29 is 4.42 Å². The Morgan fingerprint density at radius 3 is 1.63 bits per heavy atom. The second-order valence-electron chi connectivity index (χ2n) is 15.4. The Morgan fingerprint density at radius 2 is 0.966 bits per heavy atom. The number of nitrogens with zero attached hydrogens (tertiary/aromatic N) is 2. The molecule has 9 aromatic carbocycles. The zero-order chi connectivity index (χ0) is 39.5. The molecule has 0 amide bonds. The average Bonchev–Trinajstić information content (AvgIpc) is 3.85. The number of aryl methyl sites for hydroxylation is 2. The maximum Gasteiger partial charge on any atom is 0.145 e. The van der Waals surface area contributed by atoms with Gasteiger partial charge >= 0.3 is 0 Å². The van der Waals surface area contributed by atoms with E-state index in [1.54, 1.807) is 0 Å². The zero-order valence-corrected chi connectivity index (χ0v) is 32.9. The lowest BCUT2D eigenvalue weighted by molar-refractivity contribution is 0.670. The van der Waals surface area contributed by atoms with Crippen molar-refractivity contribution in [3.63, 3.8) is 0 Å². The van der Waals surface area contributed by atoms with Gasteiger partial charge in [-0.05, 0) is 120 Å². The summed E-state index contributed by atoms with van der Waals surface area (Å²) in [6.07, 6.45) is 0. The van der Waals surface area contributed by atoms with Crippen LogP contribution in [0.2, 0.25) is 0 Å². The van der Waals surface area contributed by atoms with Crippen molar-refractivity contribution in [3.05, 3.63) is 217 Å². The van der Waals surface area contributed by atoms with Gasteiger partial charge in [0.2, 0.25) is 0 Å². The SMILES string of the molecule is Cc1cc(-c2ccccc2)cc(C)c1N(c1ccc(-c2ccccc2)cc1)c1ccc(-c2cccc(-n3c4ccccc4c4ccccc43)c2)c2oc3ccccc3c12. The maximum atomic E-state index is 6.95. The molecule has 0 aliphatic rings. The quantitative estimate of drug-likeness (QED) is 0.161. The molecular formula is C56H40N2O. The van der Waals surface area contributed by atoms with Gasteiger partial charge in [0.25, 0.3) is 0 Å². The first-order valence-electron chi connectivity index (χ1n) is 20.3. The van der Waals surface area contributed by atoms with Gasteiger partial charge in [0.1, 0.15) is 11.2 Å². The van der Waals surface area contributed by atoms with Crippen LogP contribution in [0.15, 0.2) is 211 Å². The molecule has 11 aromatic rings. The van der Waals surface area contributed by atoms with E-state index >= 15 is 0 Å². The lowest BCUT2D eigenvalue weighted by Gasteiger charge is -2.30. The van der Waals surface area contributed by atoms with Gasteiger partial charge in [0, 0.05) is 33.1 Å². The Hall–Kier alpha value is -7.62. The highest BCUT2D eigenvalue weighted by atomic mass is 16.3. The van der Waals surface area contributed by atoms with Crippen molar-refractivity contribution in [1.29, 1.82) is 0 Å². The molecule has 0 unspecified atom stereocenters. The van der Waals surface area contributed by atoms with E-state index in [9.17, 15) is 0 Å². The van der Waals surface area contributed by atoms with Crippen LogP contribution in [0.4, 0.5) is 17.1 Å². The lowest BCUT2D eigenvalue weighted by Crippen LogP contribution is -2.13. The van der Waals surface area contributed by atoms with Gasteiger partial charge in [-0.3, -0.25) is 0 Å². The molecule has 59 heavy (non-hydrogen) atoms. The second kappa shape index (κ2) is 14.1. The van der Waals surface area contributed by atoms with Gasteiger partial charge in [0.05, 0.1) is 27.8 Å². The van der Waals surface area contributed by atoms with Crippen molar-refractivity contribution in [3.8, 4) is 39.1 Å². The first-order valence-corrected chi connectivity index (χ1v) is 20.3. The van der Waals surface area contributed by atoms with E-state index < -0.39 is 0 Å². The smallest absolute Gasteiger partial charge is 0.145 e. The van der Waals surface area contributed by atoms with Crippen LogP contribution in [0.5, 0.6) is 0 Å². The highest BCUT2D eigenvalue weighted by molar-refractivity contribution is 6.17. The minimum Gasteiger partial charge on any atom is -0.455 e. The Balaban J connectivity index is 1.13. The Labute approximate surface area is 343 Å². The predicted octanol–water partition coefficient (Wildman–Crippen LogP) is 15.8. The molecule has 0 spiro atoms. The third-order valence-corrected chi connectivity index (χ3v) is 11.8. The average molecular weight is 757 g/mol. The van der Waals surface area contributed by atoms with Gasteiger partial charge in [0.15, 0.2) is 0 Å². The number of rotatable bonds is 7. The molecule has 0 N–H and O–H groups in total. The first kappa shape index (κ1) is 34.6. The third kappa shape index (κ3) is 5.82. The molecule has 2 heterocycles. The minimum absolute atomic E-state index is 0.863. The second-order valence-corrected chi connectivity index (χ2v) is 15.4. The summed E-state index contributed by atoms with van der Waals surface area (Å²) in [5, 5.41) is 4.66. The summed E-state index contributed by atoms with van der Waals surface area (Å²) in [6, 6.07) is 74.1. The van der Waals surface area contributed by atoms with Crippen LogP contribution < -0.4 is 4.90 Å². The summed E-state index contributed by atoms with van der Waals surface area (Å²) in [7, 11) is 0. The Kier molecular flexibility index (Phi) is 8.27. The zero-order valence-electron chi connectivity index (χ0n) is 32.9. The van der Waals surface area contributed by atoms with Gasteiger partial charge < -0.3 is 13.9 Å². The number of hydrogen-bond acceptors (Lipinski definition) is 2. The van der Waals surface area contributed by atoms with E-state index in [0.29, 0.717) is 0 Å². The van der Waals surface area contributed by atoms with Gasteiger partial charge in [-0.1, -0.05) is 140 Å². The summed E-state index contributed by atoms with van der Waals surface area (Å²) in [5.74, 6) is 0. The highest BCUT2D eigenvalue weighted by Gasteiger charge is 2.25. The largest absolute Gasteiger partial charge is 0.455 e. The molecule has 280 valence electrons. The fourth-order valence-electron chi connectivity index (χ4n) is 9.17. The van der Waals surface area contributed by atoms with Crippen LogP contribution in [-0.4, -0.2) is 4.57 Å². The molecule has 0 bridgehead atoms. The summed E-state index contributed by atoms with van der Waals surface area (Å²) in [6.45, 7) is 4.47. The molecular weight excluding hydrogens is 717 g/mol. The van der Waals surface area contributed by atoms with Crippen LogP contribution in [-0.2, 0) is 0 Å². The maximum absolute atomic E-state index is 6.95. The molecule has 2 aromatic heterocycles. The van der Waals surface area contributed by atoms with Crippen LogP contribution >= 0.6 is 0 Å². The number of aromatic nitrogens is 1. The van der Waals surface area contributed by atoms with Crippen LogP contribution in [0.1, 0.15) is 11.1 Å². The van der Waals surface area contributed by atoms with Gasteiger partial charge in [-0.2, -0.15) is 0 Å². The van der Waals surface area contributed by atoms with Crippen LogP contribution in [0, 0.1) is 13.8 Å². The molecule has 0 saturated heterocycles. The molecule has 0 atom stereocenters. The minimum atomic E-state index is 0.863.